The Labute approximate surface area is 97.0 Å². The first kappa shape index (κ1) is 12.7. The zero-order valence-electron chi connectivity index (χ0n) is 10.4. The molecule has 0 heterocycles. The van der Waals surface area contributed by atoms with E-state index in [1.54, 1.807) is 6.07 Å². The van der Waals surface area contributed by atoms with Crippen molar-refractivity contribution < 1.29 is 9.53 Å². The van der Waals surface area contributed by atoms with Crippen LogP contribution in [0, 0.1) is 6.92 Å². The van der Waals surface area contributed by atoms with Crippen LogP contribution in [-0.4, -0.2) is 37.6 Å². The molecule has 0 aliphatic carbocycles. The maximum absolute atomic E-state index is 11.8. The second-order valence-corrected chi connectivity index (χ2v) is 4.29. The van der Waals surface area contributed by atoms with Crippen molar-refractivity contribution in [1.82, 2.24) is 4.90 Å². The van der Waals surface area contributed by atoms with E-state index in [1.165, 1.54) is 0 Å². The van der Waals surface area contributed by atoms with Crippen LogP contribution in [0.1, 0.15) is 22.8 Å². The molecule has 1 unspecified atom stereocenters. The zero-order chi connectivity index (χ0) is 12.1. The molecule has 1 atom stereocenters. The van der Waals surface area contributed by atoms with Crippen molar-refractivity contribution in [3.05, 3.63) is 35.4 Å². The fourth-order valence-electron chi connectivity index (χ4n) is 1.60. The lowest BCUT2D eigenvalue weighted by atomic mass is 10.1. The molecule has 0 aromatic heterocycles. The Balaban J connectivity index is 2.63. The fourth-order valence-corrected chi connectivity index (χ4v) is 1.60. The van der Waals surface area contributed by atoms with Crippen molar-refractivity contribution in [2.45, 2.75) is 20.0 Å². The number of carbonyl (C=O) groups is 1. The highest BCUT2D eigenvalue weighted by molar-refractivity contribution is 5.91. The van der Waals surface area contributed by atoms with E-state index in [0.717, 1.165) is 12.1 Å². The highest BCUT2D eigenvalue weighted by Gasteiger charge is 2.13. The van der Waals surface area contributed by atoms with Gasteiger partial charge in [0.15, 0.2) is 0 Å². The molecule has 0 spiro atoms. The number of nitrogens with zero attached hydrogens (tertiary/aromatic N) is 1. The third-order valence-electron chi connectivity index (χ3n) is 2.30. The van der Waals surface area contributed by atoms with Gasteiger partial charge in [-0.25, -0.2) is 4.79 Å². The molecule has 0 aliphatic rings. The summed E-state index contributed by atoms with van der Waals surface area (Å²) in [5.41, 5.74) is 1.60. The van der Waals surface area contributed by atoms with Gasteiger partial charge in [-0.3, -0.25) is 0 Å². The normalized spacial score (nSPS) is 12.6. The summed E-state index contributed by atoms with van der Waals surface area (Å²) in [6, 6.07) is 7.46. The van der Waals surface area contributed by atoms with Crippen LogP contribution in [0.3, 0.4) is 0 Å². The Hall–Kier alpha value is -1.35. The quantitative estimate of drug-likeness (QED) is 0.729. The van der Waals surface area contributed by atoms with Gasteiger partial charge in [0.25, 0.3) is 0 Å². The summed E-state index contributed by atoms with van der Waals surface area (Å²) in [4.78, 5) is 13.8. The van der Waals surface area contributed by atoms with Gasteiger partial charge in [0.05, 0.1) is 5.56 Å². The number of hydrogen-bond acceptors (Lipinski definition) is 3. The van der Waals surface area contributed by atoms with Crippen molar-refractivity contribution in [2.24, 2.45) is 0 Å². The standard InChI is InChI=1S/C13H19NO2/c1-10-7-5-6-8-12(10)13(15)16-11(2)9-14(3)4/h5-8,11H,9H2,1-4H3. The molecule has 3 heteroatoms. The monoisotopic (exact) mass is 221 g/mol. The molecule has 3 nitrogen and oxygen atoms in total. The van der Waals surface area contributed by atoms with Gasteiger partial charge in [0, 0.05) is 6.54 Å². The largest absolute Gasteiger partial charge is 0.458 e. The van der Waals surface area contributed by atoms with Gasteiger partial charge in [-0.1, -0.05) is 18.2 Å². The molecule has 0 fully saturated rings. The summed E-state index contributed by atoms with van der Waals surface area (Å²) in [5, 5.41) is 0. The van der Waals surface area contributed by atoms with Crippen LogP contribution in [-0.2, 0) is 4.74 Å². The van der Waals surface area contributed by atoms with Crippen molar-refractivity contribution in [2.75, 3.05) is 20.6 Å². The van der Waals surface area contributed by atoms with Crippen molar-refractivity contribution in [1.29, 1.82) is 0 Å². The van der Waals surface area contributed by atoms with Crippen molar-refractivity contribution in [3.8, 4) is 0 Å². The number of likely N-dealkylation sites (N-methyl/N-ethyl adjacent to an activating group) is 1. The van der Waals surface area contributed by atoms with E-state index in [2.05, 4.69) is 0 Å². The Morgan fingerprint density at radius 2 is 2.00 bits per heavy atom. The van der Waals surface area contributed by atoms with Crippen LogP contribution in [0.15, 0.2) is 24.3 Å². The molecule has 1 rings (SSSR count). The van der Waals surface area contributed by atoms with E-state index >= 15 is 0 Å². The maximum Gasteiger partial charge on any atom is 0.338 e. The number of rotatable bonds is 4. The molecule has 0 amide bonds. The minimum Gasteiger partial charge on any atom is -0.458 e. The van der Waals surface area contributed by atoms with Gasteiger partial charge in [-0.15, -0.1) is 0 Å². The average molecular weight is 221 g/mol. The SMILES string of the molecule is Cc1ccccc1C(=O)OC(C)CN(C)C. The lowest BCUT2D eigenvalue weighted by molar-refractivity contribution is 0.0288. The van der Waals surface area contributed by atoms with Crippen LogP contribution in [0.4, 0.5) is 0 Å². The van der Waals surface area contributed by atoms with Crippen LogP contribution in [0.5, 0.6) is 0 Å². The molecule has 0 saturated heterocycles. The first-order valence-electron chi connectivity index (χ1n) is 5.42. The predicted octanol–water partition coefficient (Wildman–Crippen LogP) is 2.10. The summed E-state index contributed by atoms with van der Waals surface area (Å²) in [7, 11) is 3.91. The first-order valence-corrected chi connectivity index (χ1v) is 5.42. The highest BCUT2D eigenvalue weighted by atomic mass is 16.5. The number of benzene rings is 1. The third-order valence-corrected chi connectivity index (χ3v) is 2.30. The molecule has 0 radical (unpaired) electrons. The lowest BCUT2D eigenvalue weighted by Crippen LogP contribution is -2.28. The van der Waals surface area contributed by atoms with Crippen LogP contribution in [0.2, 0.25) is 0 Å². The third kappa shape index (κ3) is 3.66. The average Bonchev–Trinajstić information content (AvgIpc) is 2.16. The van der Waals surface area contributed by atoms with Gasteiger partial charge in [0.1, 0.15) is 6.10 Å². The number of esters is 1. The number of aryl methyl sites for hydroxylation is 1. The van der Waals surface area contributed by atoms with Crippen molar-refractivity contribution in [3.63, 3.8) is 0 Å². The Bertz CT molecular complexity index is 361. The molecule has 1 aromatic rings. The molecule has 0 N–H and O–H groups in total. The topological polar surface area (TPSA) is 29.5 Å². The molecule has 0 aliphatic heterocycles. The maximum atomic E-state index is 11.8. The molecular formula is C13H19NO2. The number of ether oxygens (including phenoxy) is 1. The second-order valence-electron chi connectivity index (χ2n) is 4.29. The second kappa shape index (κ2) is 5.66. The van der Waals surface area contributed by atoms with E-state index in [4.69, 9.17) is 4.74 Å². The van der Waals surface area contributed by atoms with E-state index < -0.39 is 0 Å². The Morgan fingerprint density at radius 1 is 1.38 bits per heavy atom. The predicted molar refractivity (Wildman–Crippen MR) is 64.6 cm³/mol. The van der Waals surface area contributed by atoms with E-state index in [1.807, 2.05) is 51.0 Å². The summed E-state index contributed by atoms with van der Waals surface area (Å²) >= 11 is 0. The summed E-state index contributed by atoms with van der Waals surface area (Å²) < 4.78 is 5.35. The molecular weight excluding hydrogens is 202 g/mol. The molecule has 0 saturated carbocycles. The number of hydrogen-bond donors (Lipinski definition) is 0. The molecule has 88 valence electrons. The molecule has 16 heavy (non-hydrogen) atoms. The molecule has 1 aromatic carbocycles. The first-order chi connectivity index (χ1) is 7.50. The van der Waals surface area contributed by atoms with Gasteiger partial charge in [0.2, 0.25) is 0 Å². The van der Waals surface area contributed by atoms with Gasteiger partial charge in [-0.2, -0.15) is 0 Å². The summed E-state index contributed by atoms with van der Waals surface area (Å²) in [6.07, 6.45) is -0.0953. The van der Waals surface area contributed by atoms with E-state index in [9.17, 15) is 4.79 Å². The molecule has 0 bridgehead atoms. The van der Waals surface area contributed by atoms with Crippen LogP contribution < -0.4 is 0 Å². The smallest absolute Gasteiger partial charge is 0.338 e. The van der Waals surface area contributed by atoms with Crippen LogP contribution >= 0.6 is 0 Å². The number of carbonyl (C=O) groups excluding carboxylic acids is 1. The van der Waals surface area contributed by atoms with Crippen LogP contribution in [0.25, 0.3) is 0 Å². The van der Waals surface area contributed by atoms with Crippen molar-refractivity contribution >= 4 is 5.97 Å². The zero-order valence-corrected chi connectivity index (χ0v) is 10.4. The van der Waals surface area contributed by atoms with E-state index in [-0.39, 0.29) is 12.1 Å². The van der Waals surface area contributed by atoms with Gasteiger partial charge < -0.3 is 9.64 Å². The Morgan fingerprint density at radius 3 is 2.56 bits per heavy atom. The van der Waals surface area contributed by atoms with E-state index in [0.29, 0.717) is 5.56 Å². The summed E-state index contributed by atoms with van der Waals surface area (Å²) in [6.45, 7) is 4.54. The minimum atomic E-state index is -0.243. The van der Waals surface area contributed by atoms with Gasteiger partial charge >= 0.3 is 5.97 Å². The minimum absolute atomic E-state index is 0.0953. The lowest BCUT2D eigenvalue weighted by Gasteiger charge is -2.17. The van der Waals surface area contributed by atoms with Gasteiger partial charge in [-0.05, 0) is 39.6 Å². The summed E-state index contributed by atoms with van der Waals surface area (Å²) in [5.74, 6) is -0.243. The highest BCUT2D eigenvalue weighted by Crippen LogP contribution is 2.10. The fraction of sp³-hybridized carbons (Fsp3) is 0.462. The Kier molecular flexibility index (Phi) is 4.50.